The summed E-state index contributed by atoms with van der Waals surface area (Å²) >= 11 is 4.05. The van der Waals surface area contributed by atoms with Gasteiger partial charge in [-0.2, -0.15) is 23.2 Å². The Hall–Kier alpha value is -3.27. The van der Waals surface area contributed by atoms with Gasteiger partial charge < -0.3 is 4.90 Å². The summed E-state index contributed by atoms with van der Waals surface area (Å²) in [5.41, 5.74) is 16.8. The Labute approximate surface area is 219 Å². The minimum atomic E-state index is 0.307. The van der Waals surface area contributed by atoms with Crippen molar-refractivity contribution >= 4 is 74.1 Å². The Balaban J connectivity index is 1.42. The summed E-state index contributed by atoms with van der Waals surface area (Å²) in [5.74, 6) is 0.614. The molecule has 0 N–H and O–H groups in total. The number of aryl methyl sites for hydroxylation is 1. The summed E-state index contributed by atoms with van der Waals surface area (Å²) in [5, 5.41) is 0. The van der Waals surface area contributed by atoms with Crippen LogP contribution in [0.4, 0.5) is 17.1 Å². The molecule has 0 aromatic heterocycles. The van der Waals surface area contributed by atoms with Crippen LogP contribution in [0.5, 0.6) is 0 Å². The predicted molar refractivity (Wildman–Crippen MR) is 158 cm³/mol. The van der Waals surface area contributed by atoms with Gasteiger partial charge in [0.05, 0.1) is 0 Å². The fourth-order valence-electron chi connectivity index (χ4n) is 6.77. The number of rotatable bonds is 0. The average Bonchev–Trinajstić information content (AvgIpc) is 2.92. The van der Waals surface area contributed by atoms with Gasteiger partial charge in [0.25, 0.3) is 12.0 Å². The second-order valence-electron chi connectivity index (χ2n) is 10.1. The first-order chi connectivity index (χ1) is 17.8. The van der Waals surface area contributed by atoms with Gasteiger partial charge >= 0.3 is 0 Å². The van der Waals surface area contributed by atoms with E-state index in [0.717, 1.165) is 0 Å². The number of anilines is 3. The maximum Gasteiger partial charge on any atom is 0.285 e. The molecule has 0 saturated heterocycles. The van der Waals surface area contributed by atoms with Gasteiger partial charge in [-0.15, -0.1) is 0 Å². The summed E-state index contributed by atoms with van der Waals surface area (Å²) in [6.45, 7) is 2.27. The van der Waals surface area contributed by atoms with Crippen molar-refractivity contribution in [2.75, 3.05) is 4.90 Å². The van der Waals surface area contributed by atoms with Gasteiger partial charge in [0.1, 0.15) is 0 Å². The predicted octanol–water partition coefficient (Wildman–Crippen LogP) is 5.85. The Morgan fingerprint density at radius 3 is 1.56 bits per heavy atom. The zero-order chi connectivity index (χ0) is 23.5. The highest BCUT2D eigenvalue weighted by Crippen LogP contribution is 2.49. The van der Waals surface area contributed by atoms with Crippen LogP contribution in [-0.2, 0) is 0 Å². The van der Waals surface area contributed by atoms with Gasteiger partial charge in [-0.05, 0) is 75.3 Å². The fraction of sp³-hybridized carbons (Fsp3) is 0.0323. The third kappa shape index (κ3) is 2.38. The van der Waals surface area contributed by atoms with Gasteiger partial charge in [-0.25, -0.2) is 0 Å². The van der Waals surface area contributed by atoms with Crippen molar-refractivity contribution < 1.29 is 0 Å². The molecule has 166 valence electrons. The molecule has 0 fully saturated rings. The van der Waals surface area contributed by atoms with Gasteiger partial charge in [0.15, 0.2) is 0 Å². The summed E-state index contributed by atoms with van der Waals surface area (Å²) in [6.07, 6.45) is 0. The van der Waals surface area contributed by atoms with Crippen LogP contribution in [-0.4, -0.2) is 12.0 Å². The van der Waals surface area contributed by atoms with E-state index in [1.807, 2.05) is 23.2 Å². The minimum absolute atomic E-state index is 0.307. The lowest BCUT2D eigenvalue weighted by atomic mass is 9.49. The molecule has 4 heterocycles. The van der Waals surface area contributed by atoms with Crippen LogP contribution in [0.15, 0.2) is 107 Å². The highest BCUT2D eigenvalue weighted by Gasteiger charge is 2.47. The molecule has 0 bridgehead atoms. The zero-order valence-corrected chi connectivity index (χ0v) is 21.3. The third-order valence-electron chi connectivity index (χ3n) is 8.12. The number of hydrogen-bond acceptors (Lipinski definition) is 3. The van der Waals surface area contributed by atoms with Crippen LogP contribution in [0.2, 0.25) is 0 Å². The van der Waals surface area contributed by atoms with Crippen molar-refractivity contribution in [2.45, 2.75) is 16.7 Å². The first-order valence-corrected chi connectivity index (χ1v) is 14.3. The van der Waals surface area contributed by atoms with Gasteiger partial charge in [0.2, 0.25) is 0 Å². The summed E-state index contributed by atoms with van der Waals surface area (Å²) in [7, 11) is 0. The van der Waals surface area contributed by atoms with Crippen LogP contribution in [0, 0.1) is 6.92 Å². The number of hydrogen-bond donors (Lipinski definition) is 0. The van der Waals surface area contributed by atoms with Crippen LogP contribution in [0.3, 0.4) is 0 Å². The molecule has 5 aromatic rings. The first kappa shape index (κ1) is 19.9. The SMILES string of the molecule is Cc1cc2c3c(c1)B1Sc4ccccc4-c4cccc(c41)N3c1cccc3c1B2Sc1ccccc1-3. The standard InChI is InChI=1S/C31H19B2NS2/c1-18-16-23-31-24(17-18)33-30-22(20-9-3-5-15-28(20)36-33)11-7-13-26(30)34(31)25-12-6-10-21-19-8-2-4-14-27(19)35-32(23)29(21)25/h2-17H,1H3. The number of fused-ring (bicyclic) bond motifs is 8. The molecule has 0 amide bonds. The van der Waals surface area contributed by atoms with Crippen molar-refractivity contribution in [3.63, 3.8) is 0 Å². The maximum atomic E-state index is 2.60. The summed E-state index contributed by atoms with van der Waals surface area (Å²) in [4.78, 5) is 5.36. The van der Waals surface area contributed by atoms with E-state index in [2.05, 4.69) is 109 Å². The maximum absolute atomic E-state index is 2.60. The molecule has 9 rings (SSSR count). The van der Waals surface area contributed by atoms with Crippen molar-refractivity contribution in [3.8, 4) is 22.3 Å². The molecule has 0 aliphatic carbocycles. The van der Waals surface area contributed by atoms with E-state index in [9.17, 15) is 0 Å². The van der Waals surface area contributed by atoms with Crippen molar-refractivity contribution in [2.24, 2.45) is 0 Å². The van der Waals surface area contributed by atoms with E-state index in [-0.39, 0.29) is 0 Å². The number of benzene rings is 5. The van der Waals surface area contributed by atoms with Crippen LogP contribution in [0.1, 0.15) is 5.56 Å². The second-order valence-corrected chi connectivity index (χ2v) is 12.4. The minimum Gasteiger partial charge on any atom is -0.312 e. The normalized spacial score (nSPS) is 15.0. The van der Waals surface area contributed by atoms with Crippen molar-refractivity contribution in [1.82, 2.24) is 0 Å². The molecule has 4 aliphatic heterocycles. The highest BCUT2D eigenvalue weighted by atomic mass is 32.2. The molecule has 0 radical (unpaired) electrons. The largest absolute Gasteiger partial charge is 0.312 e. The van der Waals surface area contributed by atoms with Crippen LogP contribution >= 0.6 is 23.2 Å². The monoisotopic (exact) mass is 491 g/mol. The number of nitrogens with zero attached hydrogens (tertiary/aromatic N) is 1. The van der Waals surface area contributed by atoms with Crippen LogP contribution in [0.25, 0.3) is 22.3 Å². The van der Waals surface area contributed by atoms with Gasteiger partial charge in [-0.1, -0.05) is 78.4 Å². The van der Waals surface area contributed by atoms with E-state index >= 15 is 0 Å². The van der Waals surface area contributed by atoms with E-state index < -0.39 is 0 Å². The van der Waals surface area contributed by atoms with Gasteiger partial charge in [0, 0.05) is 26.9 Å². The van der Waals surface area contributed by atoms with Crippen molar-refractivity contribution in [1.29, 1.82) is 0 Å². The highest BCUT2D eigenvalue weighted by molar-refractivity contribution is 8.29. The third-order valence-corrected chi connectivity index (χ3v) is 10.8. The molecule has 5 aromatic carbocycles. The quantitative estimate of drug-likeness (QED) is 0.251. The lowest BCUT2D eigenvalue weighted by Crippen LogP contribution is -2.59. The molecule has 5 heteroatoms. The first-order valence-electron chi connectivity index (χ1n) is 12.5. The van der Waals surface area contributed by atoms with Gasteiger partial charge in [-0.3, -0.25) is 0 Å². The van der Waals surface area contributed by atoms with Crippen molar-refractivity contribution in [3.05, 3.63) is 103 Å². The molecular formula is C31H19B2NS2. The van der Waals surface area contributed by atoms with Crippen LogP contribution < -0.4 is 26.8 Å². The Morgan fingerprint density at radius 2 is 1.03 bits per heavy atom. The molecule has 0 atom stereocenters. The second kappa shape index (κ2) is 6.94. The Kier molecular flexibility index (Phi) is 3.83. The molecule has 0 unspecified atom stereocenters. The Morgan fingerprint density at radius 1 is 0.556 bits per heavy atom. The van der Waals surface area contributed by atoms with E-state index in [4.69, 9.17) is 0 Å². The summed E-state index contributed by atoms with van der Waals surface area (Å²) < 4.78 is 0. The van der Waals surface area contributed by atoms with E-state index in [1.165, 1.54) is 76.5 Å². The molecule has 36 heavy (non-hydrogen) atoms. The lowest BCUT2D eigenvalue weighted by molar-refractivity contribution is 1.29. The summed E-state index contributed by atoms with van der Waals surface area (Å²) in [6, 6.07) is 36.6. The lowest BCUT2D eigenvalue weighted by Gasteiger charge is -2.46. The molecular weight excluding hydrogens is 472 g/mol. The molecule has 4 aliphatic rings. The molecule has 0 saturated carbocycles. The fourth-order valence-corrected chi connectivity index (χ4v) is 9.55. The molecule has 0 spiro atoms. The van der Waals surface area contributed by atoms with E-state index in [0.29, 0.717) is 12.0 Å². The Bertz CT molecular complexity index is 1670. The van der Waals surface area contributed by atoms with E-state index in [1.54, 1.807) is 0 Å². The molecule has 1 nitrogen and oxygen atoms in total. The topological polar surface area (TPSA) is 3.24 Å². The zero-order valence-electron chi connectivity index (χ0n) is 19.7. The average molecular weight is 491 g/mol. The smallest absolute Gasteiger partial charge is 0.285 e.